The number of likely N-dealkylation sites (tertiary alicyclic amines) is 1. The van der Waals surface area contributed by atoms with Gasteiger partial charge in [0.25, 0.3) is 0 Å². The molecular formula is C13H26N2. The lowest BCUT2D eigenvalue weighted by Crippen LogP contribution is -2.36. The van der Waals surface area contributed by atoms with Crippen molar-refractivity contribution in [3.05, 3.63) is 0 Å². The van der Waals surface area contributed by atoms with E-state index in [0.29, 0.717) is 0 Å². The first-order valence-corrected chi connectivity index (χ1v) is 6.81. The highest BCUT2D eigenvalue weighted by Gasteiger charge is 2.22. The fourth-order valence-electron chi connectivity index (χ4n) is 3.13. The molecule has 2 nitrogen and oxygen atoms in total. The van der Waals surface area contributed by atoms with Gasteiger partial charge >= 0.3 is 0 Å². The zero-order valence-electron chi connectivity index (χ0n) is 10.2. The maximum absolute atomic E-state index is 3.53. The molecule has 2 rings (SSSR count). The van der Waals surface area contributed by atoms with Gasteiger partial charge in [-0.1, -0.05) is 6.92 Å². The van der Waals surface area contributed by atoms with Gasteiger partial charge in [-0.2, -0.15) is 0 Å². The molecule has 2 heterocycles. The Morgan fingerprint density at radius 3 is 2.53 bits per heavy atom. The predicted octanol–water partition coefficient (Wildman–Crippen LogP) is 2.11. The standard InChI is InChI=1S/C13H26N2/c1-2-15-8-5-12(6-9-15)10-13-4-3-7-14-11-13/h12-14H,2-11H2,1H3/t13-/m1/s1. The van der Waals surface area contributed by atoms with Crippen LogP contribution >= 0.6 is 0 Å². The van der Waals surface area contributed by atoms with E-state index in [1.165, 1.54) is 64.8 Å². The molecule has 15 heavy (non-hydrogen) atoms. The topological polar surface area (TPSA) is 15.3 Å². The van der Waals surface area contributed by atoms with Crippen molar-refractivity contribution >= 4 is 0 Å². The lowest BCUT2D eigenvalue weighted by Gasteiger charge is -2.34. The van der Waals surface area contributed by atoms with E-state index in [9.17, 15) is 0 Å². The molecule has 0 aromatic carbocycles. The van der Waals surface area contributed by atoms with Crippen LogP contribution in [0.3, 0.4) is 0 Å². The number of hydrogen-bond acceptors (Lipinski definition) is 2. The molecule has 0 unspecified atom stereocenters. The van der Waals surface area contributed by atoms with Gasteiger partial charge in [0.15, 0.2) is 0 Å². The summed E-state index contributed by atoms with van der Waals surface area (Å²) < 4.78 is 0. The molecule has 0 aromatic heterocycles. The maximum atomic E-state index is 3.53. The third kappa shape index (κ3) is 3.46. The van der Waals surface area contributed by atoms with Crippen molar-refractivity contribution < 1.29 is 0 Å². The Hall–Kier alpha value is -0.0800. The minimum absolute atomic E-state index is 0.983. The van der Waals surface area contributed by atoms with Crippen molar-refractivity contribution in [1.82, 2.24) is 10.2 Å². The van der Waals surface area contributed by atoms with E-state index in [0.717, 1.165) is 11.8 Å². The highest BCUT2D eigenvalue weighted by Crippen LogP contribution is 2.27. The fourth-order valence-corrected chi connectivity index (χ4v) is 3.13. The Labute approximate surface area is 94.4 Å². The molecule has 2 fully saturated rings. The second-order valence-electron chi connectivity index (χ2n) is 5.33. The van der Waals surface area contributed by atoms with Gasteiger partial charge in [0, 0.05) is 0 Å². The second kappa shape index (κ2) is 5.86. The molecule has 2 aliphatic heterocycles. The summed E-state index contributed by atoms with van der Waals surface area (Å²) in [6.45, 7) is 8.77. The van der Waals surface area contributed by atoms with Crippen LogP contribution in [-0.2, 0) is 0 Å². The van der Waals surface area contributed by atoms with Crippen LogP contribution in [0, 0.1) is 11.8 Å². The minimum Gasteiger partial charge on any atom is -0.316 e. The molecule has 0 spiro atoms. The Bertz CT molecular complexity index is 167. The molecule has 2 saturated heterocycles. The smallest absolute Gasteiger partial charge is 0.00162 e. The summed E-state index contributed by atoms with van der Waals surface area (Å²) in [5.41, 5.74) is 0. The Morgan fingerprint density at radius 2 is 1.93 bits per heavy atom. The Morgan fingerprint density at radius 1 is 1.13 bits per heavy atom. The van der Waals surface area contributed by atoms with Crippen LogP contribution in [0.2, 0.25) is 0 Å². The number of rotatable bonds is 3. The second-order valence-corrected chi connectivity index (χ2v) is 5.33. The van der Waals surface area contributed by atoms with Gasteiger partial charge in [-0.15, -0.1) is 0 Å². The molecule has 0 radical (unpaired) electrons. The maximum Gasteiger partial charge on any atom is -0.00162 e. The molecule has 0 bridgehead atoms. The quantitative estimate of drug-likeness (QED) is 0.767. The van der Waals surface area contributed by atoms with E-state index in [4.69, 9.17) is 0 Å². The predicted molar refractivity (Wildman–Crippen MR) is 65.0 cm³/mol. The Balaban J connectivity index is 1.67. The molecule has 0 saturated carbocycles. The summed E-state index contributed by atoms with van der Waals surface area (Å²) in [5.74, 6) is 2.01. The highest BCUT2D eigenvalue weighted by atomic mass is 15.1. The highest BCUT2D eigenvalue weighted by molar-refractivity contribution is 4.77. The first-order valence-electron chi connectivity index (χ1n) is 6.81. The molecule has 0 amide bonds. The molecule has 88 valence electrons. The van der Waals surface area contributed by atoms with Gasteiger partial charge in [-0.05, 0) is 76.7 Å². The van der Waals surface area contributed by atoms with Gasteiger partial charge in [-0.25, -0.2) is 0 Å². The number of hydrogen-bond donors (Lipinski definition) is 1. The molecule has 0 aliphatic carbocycles. The van der Waals surface area contributed by atoms with E-state index in [-0.39, 0.29) is 0 Å². The van der Waals surface area contributed by atoms with Gasteiger partial charge in [-0.3, -0.25) is 0 Å². The van der Waals surface area contributed by atoms with Gasteiger partial charge in [0.2, 0.25) is 0 Å². The zero-order valence-corrected chi connectivity index (χ0v) is 10.2. The number of nitrogens with zero attached hydrogens (tertiary/aromatic N) is 1. The van der Waals surface area contributed by atoms with Gasteiger partial charge in [0.1, 0.15) is 0 Å². The summed E-state index contributed by atoms with van der Waals surface area (Å²) in [4.78, 5) is 2.59. The van der Waals surface area contributed by atoms with Crippen LogP contribution in [0.5, 0.6) is 0 Å². The third-order valence-corrected chi connectivity index (χ3v) is 4.22. The van der Waals surface area contributed by atoms with Crippen molar-refractivity contribution in [3.8, 4) is 0 Å². The van der Waals surface area contributed by atoms with E-state index in [1.54, 1.807) is 0 Å². The average molecular weight is 210 g/mol. The summed E-state index contributed by atoms with van der Waals surface area (Å²) >= 11 is 0. The van der Waals surface area contributed by atoms with Crippen molar-refractivity contribution in [2.24, 2.45) is 11.8 Å². The van der Waals surface area contributed by atoms with Crippen LogP contribution in [0.25, 0.3) is 0 Å². The summed E-state index contributed by atoms with van der Waals surface area (Å²) in [7, 11) is 0. The van der Waals surface area contributed by atoms with Crippen LogP contribution in [0.4, 0.5) is 0 Å². The molecular weight excluding hydrogens is 184 g/mol. The molecule has 1 N–H and O–H groups in total. The van der Waals surface area contributed by atoms with Crippen molar-refractivity contribution in [2.75, 3.05) is 32.7 Å². The van der Waals surface area contributed by atoms with Crippen molar-refractivity contribution in [1.29, 1.82) is 0 Å². The first kappa shape index (κ1) is 11.4. The van der Waals surface area contributed by atoms with Crippen LogP contribution < -0.4 is 5.32 Å². The lowest BCUT2D eigenvalue weighted by molar-refractivity contribution is 0.166. The minimum atomic E-state index is 0.983. The third-order valence-electron chi connectivity index (χ3n) is 4.22. The molecule has 1 atom stereocenters. The Kier molecular flexibility index (Phi) is 4.45. The molecule has 0 aromatic rings. The fraction of sp³-hybridized carbons (Fsp3) is 1.00. The van der Waals surface area contributed by atoms with E-state index in [2.05, 4.69) is 17.1 Å². The molecule has 2 aliphatic rings. The van der Waals surface area contributed by atoms with E-state index >= 15 is 0 Å². The van der Waals surface area contributed by atoms with E-state index < -0.39 is 0 Å². The lowest BCUT2D eigenvalue weighted by atomic mass is 9.84. The van der Waals surface area contributed by atoms with Crippen LogP contribution in [0.15, 0.2) is 0 Å². The zero-order chi connectivity index (χ0) is 10.5. The average Bonchev–Trinajstić information content (AvgIpc) is 2.31. The van der Waals surface area contributed by atoms with Crippen molar-refractivity contribution in [2.45, 2.75) is 39.0 Å². The van der Waals surface area contributed by atoms with Crippen molar-refractivity contribution in [3.63, 3.8) is 0 Å². The van der Waals surface area contributed by atoms with E-state index in [1.807, 2.05) is 0 Å². The largest absolute Gasteiger partial charge is 0.316 e. The first-order chi connectivity index (χ1) is 7.38. The number of nitrogens with one attached hydrogen (secondary N) is 1. The molecule has 2 heteroatoms. The SMILES string of the molecule is CCN1CCC(C[C@H]2CCCNC2)CC1. The summed E-state index contributed by atoms with van der Waals surface area (Å²) in [5, 5.41) is 3.53. The van der Waals surface area contributed by atoms with Gasteiger partial charge < -0.3 is 10.2 Å². The van der Waals surface area contributed by atoms with Crippen LogP contribution in [0.1, 0.15) is 39.0 Å². The van der Waals surface area contributed by atoms with Crippen LogP contribution in [-0.4, -0.2) is 37.6 Å². The number of piperidine rings is 2. The monoisotopic (exact) mass is 210 g/mol. The normalized spacial score (nSPS) is 30.6. The van der Waals surface area contributed by atoms with Gasteiger partial charge in [0.05, 0.1) is 0 Å². The summed E-state index contributed by atoms with van der Waals surface area (Å²) in [6.07, 6.45) is 7.26. The summed E-state index contributed by atoms with van der Waals surface area (Å²) in [6, 6.07) is 0.